The Kier molecular flexibility index (Phi) is 5.90. The Morgan fingerprint density at radius 3 is 1.52 bits per heavy atom. The molecule has 0 amide bonds. The Hall–Kier alpha value is -5.46. The quantitative estimate of drug-likeness (QED) is 0.198. The molecule has 0 saturated carbocycles. The van der Waals surface area contributed by atoms with Crippen molar-refractivity contribution in [3.63, 3.8) is 0 Å². The molecule has 0 bridgehead atoms. The number of rotatable bonds is 4. The SMILES string of the molecule is c1ccc(-c2cccc(-c3c4ccccc4c(-c4ccccc4)c4cc(-c5cccc6ccccc56)ccc34)c2)cc1. The number of fused-ring (bicyclic) bond motifs is 3. The van der Waals surface area contributed by atoms with Gasteiger partial charge in [0.25, 0.3) is 0 Å². The van der Waals surface area contributed by atoms with Crippen molar-refractivity contribution in [3.8, 4) is 44.5 Å². The summed E-state index contributed by atoms with van der Waals surface area (Å²) >= 11 is 0. The van der Waals surface area contributed by atoms with Gasteiger partial charge in [0.15, 0.2) is 0 Å². The minimum absolute atomic E-state index is 1.23. The smallest absolute Gasteiger partial charge is 0.00261 e. The molecular weight excluding hydrogens is 504 g/mol. The lowest BCUT2D eigenvalue weighted by Crippen LogP contribution is -1.92. The predicted octanol–water partition coefficient (Wildman–Crippen LogP) is 11.8. The van der Waals surface area contributed by atoms with Crippen molar-refractivity contribution < 1.29 is 0 Å². The van der Waals surface area contributed by atoms with Crippen LogP contribution in [0.2, 0.25) is 0 Å². The molecule has 0 atom stereocenters. The van der Waals surface area contributed by atoms with E-state index in [-0.39, 0.29) is 0 Å². The third-order valence-corrected chi connectivity index (χ3v) is 8.45. The number of benzene rings is 8. The maximum absolute atomic E-state index is 2.41. The van der Waals surface area contributed by atoms with Crippen molar-refractivity contribution in [1.29, 1.82) is 0 Å². The zero-order valence-electron chi connectivity index (χ0n) is 23.2. The van der Waals surface area contributed by atoms with Crippen LogP contribution in [0.4, 0.5) is 0 Å². The third kappa shape index (κ3) is 4.08. The summed E-state index contributed by atoms with van der Waals surface area (Å²) in [6.45, 7) is 0. The summed E-state index contributed by atoms with van der Waals surface area (Å²) in [5.41, 5.74) is 9.98. The number of hydrogen-bond acceptors (Lipinski definition) is 0. The second kappa shape index (κ2) is 10.2. The van der Waals surface area contributed by atoms with Gasteiger partial charge in [-0.2, -0.15) is 0 Å². The fourth-order valence-electron chi connectivity index (χ4n) is 6.53. The van der Waals surface area contributed by atoms with E-state index in [4.69, 9.17) is 0 Å². The first-order valence-corrected chi connectivity index (χ1v) is 14.5. The molecule has 0 aliphatic rings. The summed E-state index contributed by atoms with van der Waals surface area (Å²) in [7, 11) is 0. The van der Waals surface area contributed by atoms with Crippen LogP contribution >= 0.6 is 0 Å². The molecule has 0 fully saturated rings. The second-order valence-corrected chi connectivity index (χ2v) is 10.9. The standard InChI is InChI=1S/C42H28/c1-3-13-29(14-4-1)32-19-11-20-34(27-32)42-38-23-10-9-22-37(38)41(31-16-5-2-6-17-31)40-28-33(25-26-39(40)42)36-24-12-18-30-15-7-8-21-35(30)36/h1-28H. The minimum Gasteiger partial charge on any atom is -0.0622 e. The van der Waals surface area contributed by atoms with Crippen LogP contribution in [0, 0.1) is 0 Å². The fraction of sp³-hybridized carbons (Fsp3) is 0. The molecule has 0 unspecified atom stereocenters. The van der Waals surface area contributed by atoms with E-state index >= 15 is 0 Å². The van der Waals surface area contributed by atoms with Crippen LogP contribution < -0.4 is 0 Å². The molecule has 0 spiro atoms. The highest BCUT2D eigenvalue weighted by Gasteiger charge is 2.18. The zero-order chi connectivity index (χ0) is 27.9. The highest BCUT2D eigenvalue weighted by molar-refractivity contribution is 6.22. The summed E-state index contributed by atoms with van der Waals surface area (Å²) in [6, 6.07) is 61.7. The average Bonchev–Trinajstić information content (AvgIpc) is 3.07. The molecule has 8 rings (SSSR count). The number of hydrogen-bond donors (Lipinski definition) is 0. The van der Waals surface area contributed by atoms with Gasteiger partial charge >= 0.3 is 0 Å². The molecule has 196 valence electrons. The van der Waals surface area contributed by atoms with Gasteiger partial charge in [-0.15, -0.1) is 0 Å². The van der Waals surface area contributed by atoms with Crippen LogP contribution in [0.1, 0.15) is 0 Å². The highest BCUT2D eigenvalue weighted by atomic mass is 14.2. The van der Waals surface area contributed by atoms with E-state index in [9.17, 15) is 0 Å². The van der Waals surface area contributed by atoms with Crippen molar-refractivity contribution in [2.75, 3.05) is 0 Å². The van der Waals surface area contributed by atoms with E-state index in [2.05, 4.69) is 170 Å². The Morgan fingerprint density at radius 1 is 0.238 bits per heavy atom. The van der Waals surface area contributed by atoms with Crippen molar-refractivity contribution in [2.24, 2.45) is 0 Å². The van der Waals surface area contributed by atoms with Crippen molar-refractivity contribution in [2.45, 2.75) is 0 Å². The van der Waals surface area contributed by atoms with Gasteiger partial charge in [-0.1, -0.05) is 158 Å². The van der Waals surface area contributed by atoms with Gasteiger partial charge in [-0.25, -0.2) is 0 Å². The zero-order valence-corrected chi connectivity index (χ0v) is 23.2. The molecule has 0 nitrogen and oxygen atoms in total. The molecule has 0 saturated heterocycles. The van der Waals surface area contributed by atoms with Gasteiger partial charge in [-0.05, 0) is 89.0 Å². The minimum atomic E-state index is 1.23. The molecule has 0 heterocycles. The monoisotopic (exact) mass is 532 g/mol. The highest BCUT2D eigenvalue weighted by Crippen LogP contribution is 2.45. The van der Waals surface area contributed by atoms with Gasteiger partial charge in [0.05, 0.1) is 0 Å². The first-order valence-electron chi connectivity index (χ1n) is 14.5. The topological polar surface area (TPSA) is 0 Å². The lowest BCUT2D eigenvalue weighted by Gasteiger charge is -2.19. The Labute approximate surface area is 246 Å². The summed E-state index contributed by atoms with van der Waals surface area (Å²) < 4.78 is 0. The fourth-order valence-corrected chi connectivity index (χ4v) is 6.53. The largest absolute Gasteiger partial charge is 0.0622 e. The second-order valence-electron chi connectivity index (χ2n) is 10.9. The van der Waals surface area contributed by atoms with Crippen LogP contribution in [0.15, 0.2) is 170 Å². The maximum Gasteiger partial charge on any atom is -0.00261 e. The lowest BCUT2D eigenvalue weighted by molar-refractivity contribution is 1.61. The van der Waals surface area contributed by atoms with Gasteiger partial charge < -0.3 is 0 Å². The van der Waals surface area contributed by atoms with Gasteiger partial charge in [0.2, 0.25) is 0 Å². The van der Waals surface area contributed by atoms with Crippen LogP contribution in [0.3, 0.4) is 0 Å². The van der Waals surface area contributed by atoms with Crippen molar-refractivity contribution in [1.82, 2.24) is 0 Å². The average molecular weight is 533 g/mol. The van der Waals surface area contributed by atoms with Crippen LogP contribution in [0.5, 0.6) is 0 Å². The third-order valence-electron chi connectivity index (χ3n) is 8.45. The molecule has 0 radical (unpaired) electrons. The normalized spacial score (nSPS) is 11.3. The molecule has 0 aromatic heterocycles. The van der Waals surface area contributed by atoms with Crippen molar-refractivity contribution >= 4 is 32.3 Å². The molecule has 0 aliphatic carbocycles. The molecule has 0 aliphatic heterocycles. The van der Waals surface area contributed by atoms with Gasteiger partial charge in [-0.3, -0.25) is 0 Å². The molecule has 42 heavy (non-hydrogen) atoms. The Morgan fingerprint density at radius 2 is 0.762 bits per heavy atom. The maximum atomic E-state index is 2.41. The van der Waals surface area contributed by atoms with Crippen LogP contribution in [0.25, 0.3) is 76.8 Å². The van der Waals surface area contributed by atoms with E-state index in [1.165, 1.54) is 76.8 Å². The van der Waals surface area contributed by atoms with E-state index in [0.29, 0.717) is 0 Å². The summed E-state index contributed by atoms with van der Waals surface area (Å²) in [4.78, 5) is 0. The van der Waals surface area contributed by atoms with Crippen LogP contribution in [-0.2, 0) is 0 Å². The Balaban J connectivity index is 1.48. The van der Waals surface area contributed by atoms with Gasteiger partial charge in [0.1, 0.15) is 0 Å². The van der Waals surface area contributed by atoms with Crippen LogP contribution in [-0.4, -0.2) is 0 Å². The molecule has 8 aromatic carbocycles. The molecule has 8 aromatic rings. The van der Waals surface area contributed by atoms with E-state index in [1.807, 2.05) is 0 Å². The van der Waals surface area contributed by atoms with Crippen molar-refractivity contribution in [3.05, 3.63) is 170 Å². The van der Waals surface area contributed by atoms with E-state index in [0.717, 1.165) is 0 Å². The molecule has 0 heteroatoms. The first-order chi connectivity index (χ1) is 20.8. The molecule has 0 N–H and O–H groups in total. The van der Waals surface area contributed by atoms with E-state index in [1.54, 1.807) is 0 Å². The summed E-state index contributed by atoms with van der Waals surface area (Å²) in [6.07, 6.45) is 0. The lowest BCUT2D eigenvalue weighted by atomic mass is 9.84. The Bertz CT molecular complexity index is 2220. The van der Waals surface area contributed by atoms with Gasteiger partial charge in [0, 0.05) is 0 Å². The first kappa shape index (κ1) is 24.3. The molecular formula is C42H28. The summed E-state index contributed by atoms with van der Waals surface area (Å²) in [5, 5.41) is 7.61. The summed E-state index contributed by atoms with van der Waals surface area (Å²) in [5.74, 6) is 0. The predicted molar refractivity (Wildman–Crippen MR) is 181 cm³/mol. The van der Waals surface area contributed by atoms with E-state index < -0.39 is 0 Å².